The molecule has 0 fully saturated rings. The Hall–Kier alpha value is -4.33. The molecule has 0 saturated heterocycles. The minimum Gasteiger partial charge on any atom is -0.497 e. The van der Waals surface area contributed by atoms with E-state index in [1.54, 1.807) is 44.9 Å². The molecule has 4 rings (SSSR count). The van der Waals surface area contributed by atoms with E-state index < -0.39 is 11.9 Å². The van der Waals surface area contributed by atoms with Crippen molar-refractivity contribution < 1.29 is 14.3 Å². The van der Waals surface area contributed by atoms with Gasteiger partial charge in [0.05, 0.1) is 20.8 Å². The standard InChI is InChI=1S/C27H28N4O4/c1-18-7-5-8-19(13-18)17-31-11-6-9-23(27(31)33)26(32)29-24(25-28-10-12-30(25)2)20-14-21(34-3)16-22(15-20)35-4/h5-16,24H,17H2,1-4H3,(H,29,32). The molecule has 2 aromatic carbocycles. The average molecular weight is 473 g/mol. The number of hydrogen-bond donors (Lipinski definition) is 1. The summed E-state index contributed by atoms with van der Waals surface area (Å²) < 4.78 is 14.2. The SMILES string of the molecule is COc1cc(OC)cc(C(NC(=O)c2cccn(Cc3cccc(C)c3)c2=O)c2nccn2C)c1. The van der Waals surface area contributed by atoms with Crippen LogP contribution in [-0.2, 0) is 13.6 Å². The van der Waals surface area contributed by atoms with Crippen LogP contribution in [0.5, 0.6) is 11.5 Å². The van der Waals surface area contributed by atoms with Gasteiger partial charge in [0, 0.05) is 31.7 Å². The topological polar surface area (TPSA) is 87.4 Å². The second-order valence-corrected chi connectivity index (χ2v) is 8.29. The summed E-state index contributed by atoms with van der Waals surface area (Å²) in [5.74, 6) is 1.26. The first-order valence-corrected chi connectivity index (χ1v) is 11.2. The maximum absolute atomic E-state index is 13.4. The normalized spacial score (nSPS) is 11.7. The van der Waals surface area contributed by atoms with Gasteiger partial charge in [-0.15, -0.1) is 0 Å². The minimum absolute atomic E-state index is 0.0502. The van der Waals surface area contributed by atoms with Crippen molar-refractivity contribution in [2.75, 3.05) is 14.2 Å². The molecule has 8 nitrogen and oxygen atoms in total. The number of aromatic nitrogens is 3. The summed E-state index contributed by atoms with van der Waals surface area (Å²) in [6, 6.07) is 15.9. The van der Waals surface area contributed by atoms with Crippen molar-refractivity contribution in [1.82, 2.24) is 19.4 Å². The van der Waals surface area contributed by atoms with E-state index in [0.717, 1.165) is 11.1 Å². The summed E-state index contributed by atoms with van der Waals surface area (Å²) in [6.45, 7) is 2.37. The summed E-state index contributed by atoms with van der Waals surface area (Å²) in [5, 5.41) is 2.99. The van der Waals surface area contributed by atoms with Crippen LogP contribution in [0.3, 0.4) is 0 Å². The average Bonchev–Trinajstić information content (AvgIpc) is 3.28. The van der Waals surface area contributed by atoms with Gasteiger partial charge in [-0.05, 0) is 42.3 Å². The summed E-state index contributed by atoms with van der Waals surface area (Å²) in [6.07, 6.45) is 5.14. The Labute approximate surface area is 203 Å². The molecule has 2 aromatic heterocycles. The van der Waals surface area contributed by atoms with E-state index in [1.807, 2.05) is 54.9 Å². The molecule has 1 atom stereocenters. The van der Waals surface area contributed by atoms with E-state index in [-0.39, 0.29) is 11.1 Å². The first-order chi connectivity index (χ1) is 16.9. The Morgan fingerprint density at radius 3 is 2.40 bits per heavy atom. The molecule has 0 saturated carbocycles. The molecule has 1 unspecified atom stereocenters. The Bertz CT molecular complexity index is 1380. The van der Waals surface area contributed by atoms with Crippen LogP contribution in [0.4, 0.5) is 0 Å². The lowest BCUT2D eigenvalue weighted by molar-refractivity contribution is 0.0939. The zero-order valence-corrected chi connectivity index (χ0v) is 20.2. The monoisotopic (exact) mass is 472 g/mol. The number of pyridine rings is 1. The second kappa shape index (κ2) is 10.3. The van der Waals surface area contributed by atoms with Gasteiger partial charge in [0.2, 0.25) is 0 Å². The lowest BCUT2D eigenvalue weighted by Crippen LogP contribution is -2.36. The number of carbonyl (C=O) groups excluding carboxylic acids is 1. The number of ether oxygens (including phenoxy) is 2. The van der Waals surface area contributed by atoms with Crippen LogP contribution in [-0.4, -0.2) is 34.2 Å². The number of nitrogens with one attached hydrogen (secondary N) is 1. The maximum atomic E-state index is 13.4. The van der Waals surface area contributed by atoms with Crippen molar-refractivity contribution in [3.05, 3.63) is 112 Å². The molecule has 1 amide bonds. The predicted molar refractivity (Wildman–Crippen MR) is 133 cm³/mol. The number of carbonyl (C=O) groups is 1. The van der Waals surface area contributed by atoms with E-state index in [2.05, 4.69) is 10.3 Å². The van der Waals surface area contributed by atoms with E-state index in [4.69, 9.17) is 9.47 Å². The predicted octanol–water partition coefficient (Wildman–Crippen LogP) is 3.48. The maximum Gasteiger partial charge on any atom is 0.263 e. The molecule has 0 aliphatic heterocycles. The van der Waals surface area contributed by atoms with Crippen LogP contribution < -0.4 is 20.3 Å². The number of amides is 1. The highest BCUT2D eigenvalue weighted by molar-refractivity contribution is 5.94. The molecule has 1 N–H and O–H groups in total. The highest BCUT2D eigenvalue weighted by Gasteiger charge is 2.24. The van der Waals surface area contributed by atoms with Gasteiger partial charge < -0.3 is 23.9 Å². The zero-order chi connectivity index (χ0) is 24.9. The Kier molecular flexibility index (Phi) is 7.01. The Balaban J connectivity index is 1.69. The first kappa shape index (κ1) is 23.8. The summed E-state index contributed by atoms with van der Waals surface area (Å²) in [5.41, 5.74) is 2.48. The van der Waals surface area contributed by atoms with Crippen molar-refractivity contribution in [3.8, 4) is 11.5 Å². The molecule has 0 aliphatic rings. The second-order valence-electron chi connectivity index (χ2n) is 8.29. The summed E-state index contributed by atoms with van der Waals surface area (Å²) in [7, 11) is 4.97. The Morgan fingerprint density at radius 1 is 1.03 bits per heavy atom. The largest absolute Gasteiger partial charge is 0.497 e. The van der Waals surface area contributed by atoms with Gasteiger partial charge in [-0.25, -0.2) is 4.98 Å². The van der Waals surface area contributed by atoms with Gasteiger partial charge in [-0.1, -0.05) is 29.8 Å². The molecular formula is C27H28N4O4. The third-order valence-corrected chi connectivity index (χ3v) is 5.80. The van der Waals surface area contributed by atoms with Crippen LogP contribution in [0.2, 0.25) is 0 Å². The summed E-state index contributed by atoms with van der Waals surface area (Å²) >= 11 is 0. The third-order valence-electron chi connectivity index (χ3n) is 5.80. The van der Waals surface area contributed by atoms with Crippen LogP contribution in [0.25, 0.3) is 0 Å². The van der Waals surface area contributed by atoms with E-state index in [1.165, 1.54) is 10.6 Å². The molecule has 180 valence electrons. The van der Waals surface area contributed by atoms with Gasteiger partial charge >= 0.3 is 0 Å². The van der Waals surface area contributed by atoms with Gasteiger partial charge in [-0.3, -0.25) is 9.59 Å². The number of methoxy groups -OCH3 is 2. The van der Waals surface area contributed by atoms with Crippen molar-refractivity contribution >= 4 is 5.91 Å². The number of aryl methyl sites for hydroxylation is 2. The van der Waals surface area contributed by atoms with Crippen molar-refractivity contribution in [2.24, 2.45) is 7.05 Å². The molecule has 0 spiro atoms. The fourth-order valence-electron chi connectivity index (χ4n) is 4.00. The van der Waals surface area contributed by atoms with E-state index in [9.17, 15) is 9.59 Å². The van der Waals surface area contributed by atoms with Crippen molar-refractivity contribution in [1.29, 1.82) is 0 Å². The molecule has 0 aliphatic carbocycles. The fraction of sp³-hybridized carbons (Fsp3) is 0.222. The number of nitrogens with zero attached hydrogens (tertiary/aromatic N) is 3. The van der Waals surface area contributed by atoms with Crippen LogP contribution in [0, 0.1) is 6.92 Å². The number of hydrogen-bond acceptors (Lipinski definition) is 5. The molecule has 2 heterocycles. The third kappa shape index (κ3) is 5.27. The zero-order valence-electron chi connectivity index (χ0n) is 20.2. The fourth-order valence-corrected chi connectivity index (χ4v) is 4.00. The quantitative estimate of drug-likeness (QED) is 0.424. The lowest BCUT2D eigenvalue weighted by Gasteiger charge is -2.20. The Morgan fingerprint density at radius 2 is 1.77 bits per heavy atom. The van der Waals surface area contributed by atoms with Crippen LogP contribution in [0.15, 0.2) is 78.0 Å². The number of benzene rings is 2. The van der Waals surface area contributed by atoms with E-state index in [0.29, 0.717) is 29.4 Å². The molecule has 8 heteroatoms. The van der Waals surface area contributed by atoms with Crippen LogP contribution >= 0.6 is 0 Å². The van der Waals surface area contributed by atoms with Crippen molar-refractivity contribution in [2.45, 2.75) is 19.5 Å². The minimum atomic E-state index is -0.642. The van der Waals surface area contributed by atoms with Crippen molar-refractivity contribution in [3.63, 3.8) is 0 Å². The first-order valence-electron chi connectivity index (χ1n) is 11.2. The highest BCUT2D eigenvalue weighted by Crippen LogP contribution is 2.29. The van der Waals surface area contributed by atoms with Gasteiger partial charge in [-0.2, -0.15) is 0 Å². The number of rotatable bonds is 8. The molecule has 4 aromatic rings. The molecule has 0 bridgehead atoms. The molecule has 35 heavy (non-hydrogen) atoms. The lowest BCUT2D eigenvalue weighted by atomic mass is 10.0. The van der Waals surface area contributed by atoms with Crippen LogP contribution in [0.1, 0.15) is 38.9 Å². The van der Waals surface area contributed by atoms with E-state index >= 15 is 0 Å². The number of imidazole rings is 1. The molecule has 0 radical (unpaired) electrons. The molecular weight excluding hydrogens is 444 g/mol. The van der Waals surface area contributed by atoms with Gasteiger partial charge in [0.15, 0.2) is 0 Å². The summed E-state index contributed by atoms with van der Waals surface area (Å²) in [4.78, 5) is 31.1. The highest BCUT2D eigenvalue weighted by atomic mass is 16.5. The smallest absolute Gasteiger partial charge is 0.263 e. The van der Waals surface area contributed by atoms with Gasteiger partial charge in [0.25, 0.3) is 11.5 Å². The van der Waals surface area contributed by atoms with Gasteiger partial charge in [0.1, 0.15) is 28.9 Å².